The third-order valence-electron chi connectivity index (χ3n) is 3.65. The summed E-state index contributed by atoms with van der Waals surface area (Å²) in [5.41, 5.74) is 2.43. The standard InChI is InChI=1S/C19H16ClNO3S/c1-2-15(18(22)23)25-19-21-16(12-6-4-3-5-7-12)17(24-19)13-8-10-14(20)11-9-13/h3-11,15H,2H2,1H3,(H,22,23). The van der Waals surface area contributed by atoms with E-state index in [0.717, 1.165) is 22.9 Å². The molecule has 0 fully saturated rings. The number of carboxylic acid groups (broad SMARTS) is 1. The summed E-state index contributed by atoms with van der Waals surface area (Å²) in [4.78, 5) is 15.8. The summed E-state index contributed by atoms with van der Waals surface area (Å²) in [5, 5.41) is 9.65. The minimum absolute atomic E-state index is 0.345. The van der Waals surface area contributed by atoms with Gasteiger partial charge < -0.3 is 9.52 Å². The molecule has 1 N–H and O–H groups in total. The van der Waals surface area contributed by atoms with Crippen LogP contribution >= 0.6 is 23.4 Å². The van der Waals surface area contributed by atoms with E-state index >= 15 is 0 Å². The van der Waals surface area contributed by atoms with Crippen LogP contribution in [0.3, 0.4) is 0 Å². The molecule has 0 saturated heterocycles. The third kappa shape index (κ3) is 4.06. The van der Waals surface area contributed by atoms with Gasteiger partial charge in [-0.05, 0) is 30.7 Å². The van der Waals surface area contributed by atoms with Crippen molar-refractivity contribution in [3.05, 3.63) is 59.6 Å². The van der Waals surface area contributed by atoms with Crippen LogP contribution in [0.2, 0.25) is 5.02 Å². The summed E-state index contributed by atoms with van der Waals surface area (Å²) in [5.74, 6) is -0.273. The van der Waals surface area contributed by atoms with Crippen molar-refractivity contribution in [3.63, 3.8) is 0 Å². The highest BCUT2D eigenvalue weighted by Gasteiger charge is 2.23. The normalized spacial score (nSPS) is 12.1. The molecule has 0 aliphatic rings. The Kier molecular flexibility index (Phi) is 5.46. The summed E-state index contributed by atoms with van der Waals surface area (Å²) in [6, 6.07) is 17.0. The van der Waals surface area contributed by atoms with Crippen LogP contribution in [0.5, 0.6) is 0 Å². The minimum atomic E-state index is -0.875. The number of benzene rings is 2. The first-order chi connectivity index (χ1) is 12.1. The first-order valence-corrected chi connectivity index (χ1v) is 9.06. The van der Waals surface area contributed by atoms with Crippen molar-refractivity contribution >= 4 is 29.3 Å². The Morgan fingerprint density at radius 1 is 1.16 bits per heavy atom. The second-order valence-electron chi connectivity index (χ2n) is 5.38. The molecule has 0 aliphatic carbocycles. The topological polar surface area (TPSA) is 63.3 Å². The van der Waals surface area contributed by atoms with E-state index in [4.69, 9.17) is 16.0 Å². The highest BCUT2D eigenvalue weighted by atomic mass is 35.5. The predicted molar refractivity (Wildman–Crippen MR) is 100.0 cm³/mol. The van der Waals surface area contributed by atoms with Crippen molar-refractivity contribution in [3.8, 4) is 22.6 Å². The van der Waals surface area contributed by atoms with Gasteiger partial charge in [-0.2, -0.15) is 0 Å². The number of carbonyl (C=O) groups is 1. The summed E-state index contributed by atoms with van der Waals surface area (Å²) >= 11 is 7.09. The van der Waals surface area contributed by atoms with Gasteiger partial charge in [-0.3, -0.25) is 4.79 Å². The number of hydrogen-bond acceptors (Lipinski definition) is 4. The van der Waals surface area contributed by atoms with E-state index in [1.807, 2.05) is 49.4 Å². The molecule has 3 aromatic rings. The van der Waals surface area contributed by atoms with E-state index in [1.165, 1.54) is 0 Å². The number of carboxylic acids is 1. The van der Waals surface area contributed by atoms with Crippen LogP contribution in [-0.2, 0) is 4.79 Å². The van der Waals surface area contributed by atoms with Crippen LogP contribution < -0.4 is 0 Å². The number of oxazole rings is 1. The number of halogens is 1. The van der Waals surface area contributed by atoms with Crippen molar-refractivity contribution in [1.82, 2.24) is 4.98 Å². The molecule has 4 nitrogen and oxygen atoms in total. The third-order valence-corrected chi connectivity index (χ3v) is 5.10. The van der Waals surface area contributed by atoms with E-state index < -0.39 is 11.2 Å². The fourth-order valence-electron chi connectivity index (χ4n) is 2.37. The predicted octanol–water partition coefficient (Wildman–Crippen LogP) is 5.62. The molecule has 0 bridgehead atoms. The van der Waals surface area contributed by atoms with Crippen molar-refractivity contribution in [2.45, 2.75) is 23.8 Å². The van der Waals surface area contributed by atoms with Crippen LogP contribution in [0.25, 0.3) is 22.6 Å². The fourth-order valence-corrected chi connectivity index (χ4v) is 3.28. The van der Waals surface area contributed by atoms with Crippen LogP contribution in [-0.4, -0.2) is 21.3 Å². The maximum absolute atomic E-state index is 11.3. The molecule has 0 spiro atoms. The van der Waals surface area contributed by atoms with Gasteiger partial charge in [0.15, 0.2) is 5.76 Å². The molecule has 0 aliphatic heterocycles. The monoisotopic (exact) mass is 373 g/mol. The van der Waals surface area contributed by atoms with E-state index in [9.17, 15) is 9.90 Å². The molecule has 2 aromatic carbocycles. The number of hydrogen-bond donors (Lipinski definition) is 1. The number of rotatable bonds is 6. The van der Waals surface area contributed by atoms with E-state index in [2.05, 4.69) is 4.98 Å². The average molecular weight is 374 g/mol. The summed E-state index contributed by atoms with van der Waals surface area (Å²) in [6.07, 6.45) is 0.485. The first-order valence-electron chi connectivity index (χ1n) is 7.80. The number of nitrogens with zero attached hydrogens (tertiary/aromatic N) is 1. The Morgan fingerprint density at radius 3 is 2.44 bits per heavy atom. The van der Waals surface area contributed by atoms with Gasteiger partial charge >= 0.3 is 5.97 Å². The zero-order valence-electron chi connectivity index (χ0n) is 13.5. The minimum Gasteiger partial charge on any atom is -0.480 e. The smallest absolute Gasteiger partial charge is 0.317 e. The zero-order valence-corrected chi connectivity index (χ0v) is 15.1. The second kappa shape index (κ2) is 7.76. The molecule has 6 heteroatoms. The van der Waals surface area contributed by atoms with Crippen molar-refractivity contribution in [2.75, 3.05) is 0 Å². The van der Waals surface area contributed by atoms with Gasteiger partial charge in [0.25, 0.3) is 5.22 Å². The second-order valence-corrected chi connectivity index (χ2v) is 6.97. The fraction of sp³-hybridized carbons (Fsp3) is 0.158. The van der Waals surface area contributed by atoms with Gasteiger partial charge in [0.05, 0.1) is 0 Å². The summed E-state index contributed by atoms with van der Waals surface area (Å²) in [6.45, 7) is 1.83. The molecular formula is C19H16ClNO3S. The van der Waals surface area contributed by atoms with Gasteiger partial charge in [-0.1, -0.05) is 60.6 Å². The number of aliphatic carboxylic acids is 1. The van der Waals surface area contributed by atoms with E-state index in [-0.39, 0.29) is 0 Å². The Labute approximate surface area is 154 Å². The largest absolute Gasteiger partial charge is 0.480 e. The highest BCUT2D eigenvalue weighted by molar-refractivity contribution is 8.00. The van der Waals surface area contributed by atoms with Crippen molar-refractivity contribution in [1.29, 1.82) is 0 Å². The lowest BCUT2D eigenvalue weighted by Crippen LogP contribution is -2.14. The van der Waals surface area contributed by atoms with Crippen molar-refractivity contribution < 1.29 is 14.3 Å². The molecule has 0 saturated carbocycles. The Hall–Kier alpha value is -2.24. The Morgan fingerprint density at radius 2 is 1.84 bits per heavy atom. The van der Waals surface area contributed by atoms with Gasteiger partial charge in [0.1, 0.15) is 10.9 Å². The van der Waals surface area contributed by atoms with Gasteiger partial charge in [-0.25, -0.2) is 4.98 Å². The van der Waals surface area contributed by atoms with Gasteiger partial charge in [0, 0.05) is 16.1 Å². The number of thioether (sulfide) groups is 1. The SMILES string of the molecule is CCC(Sc1nc(-c2ccccc2)c(-c2ccc(Cl)cc2)o1)C(=O)O. The molecule has 0 radical (unpaired) electrons. The Bertz CT molecular complexity index is 862. The average Bonchev–Trinajstić information content (AvgIpc) is 3.05. The number of aromatic nitrogens is 1. The summed E-state index contributed by atoms with van der Waals surface area (Å²) < 4.78 is 5.92. The highest BCUT2D eigenvalue weighted by Crippen LogP contribution is 2.37. The van der Waals surface area contributed by atoms with Gasteiger partial charge in [0.2, 0.25) is 0 Å². The van der Waals surface area contributed by atoms with Crippen LogP contribution in [0, 0.1) is 0 Å². The van der Waals surface area contributed by atoms with Crippen LogP contribution in [0.1, 0.15) is 13.3 Å². The lowest BCUT2D eigenvalue weighted by molar-refractivity contribution is -0.136. The maximum atomic E-state index is 11.3. The van der Waals surface area contributed by atoms with Crippen LogP contribution in [0.4, 0.5) is 0 Å². The van der Waals surface area contributed by atoms with Crippen LogP contribution in [0.15, 0.2) is 64.2 Å². The molecule has 1 unspecified atom stereocenters. The molecule has 1 atom stereocenters. The van der Waals surface area contributed by atoms with E-state index in [0.29, 0.717) is 28.1 Å². The van der Waals surface area contributed by atoms with Gasteiger partial charge in [-0.15, -0.1) is 0 Å². The lowest BCUT2D eigenvalue weighted by Gasteiger charge is -2.04. The molecule has 3 rings (SSSR count). The molecule has 0 amide bonds. The quantitative estimate of drug-likeness (QED) is 0.568. The molecule has 128 valence electrons. The zero-order chi connectivity index (χ0) is 17.8. The molecular weight excluding hydrogens is 358 g/mol. The maximum Gasteiger partial charge on any atom is 0.317 e. The lowest BCUT2D eigenvalue weighted by atomic mass is 10.1. The van der Waals surface area contributed by atoms with Crippen molar-refractivity contribution in [2.24, 2.45) is 0 Å². The summed E-state index contributed by atoms with van der Waals surface area (Å²) in [7, 11) is 0. The first kappa shape index (κ1) is 17.6. The molecule has 1 heterocycles. The Balaban J connectivity index is 2.05. The van der Waals surface area contributed by atoms with E-state index in [1.54, 1.807) is 12.1 Å². The molecule has 1 aromatic heterocycles. The molecule has 25 heavy (non-hydrogen) atoms.